The fourth-order valence-corrected chi connectivity index (χ4v) is 4.36. The summed E-state index contributed by atoms with van der Waals surface area (Å²) in [5.74, 6) is 7.02. The van der Waals surface area contributed by atoms with Gasteiger partial charge in [-0.15, -0.1) is 10.2 Å². The molecule has 9 heteroatoms. The highest BCUT2D eigenvalue weighted by molar-refractivity contribution is 7.99. The smallest absolute Gasteiger partial charge is 0.230 e. The summed E-state index contributed by atoms with van der Waals surface area (Å²) in [6, 6.07) is 0.319. The molecule has 4 rings (SSSR count). The third kappa shape index (κ3) is 3.37. The van der Waals surface area contributed by atoms with Gasteiger partial charge in [-0.2, -0.15) is 5.10 Å². The van der Waals surface area contributed by atoms with E-state index < -0.39 is 0 Å². The van der Waals surface area contributed by atoms with E-state index in [0.29, 0.717) is 22.8 Å². The van der Waals surface area contributed by atoms with Gasteiger partial charge in [0.05, 0.1) is 5.75 Å². The molecule has 25 heavy (non-hydrogen) atoms. The molecule has 2 aliphatic carbocycles. The minimum absolute atomic E-state index is 0.0297. The van der Waals surface area contributed by atoms with Crippen LogP contribution < -0.4 is 11.2 Å². The van der Waals surface area contributed by atoms with Crippen LogP contribution in [0.2, 0.25) is 0 Å². The van der Waals surface area contributed by atoms with Crippen LogP contribution in [0.15, 0.2) is 5.16 Å². The van der Waals surface area contributed by atoms with Gasteiger partial charge in [0, 0.05) is 17.3 Å². The molecule has 0 radical (unpaired) electrons. The number of H-pyrrole nitrogens is 1. The van der Waals surface area contributed by atoms with Crippen LogP contribution in [0.25, 0.3) is 11.5 Å². The Labute approximate surface area is 150 Å². The summed E-state index contributed by atoms with van der Waals surface area (Å²) in [4.78, 5) is 12.1. The molecule has 0 unspecified atom stereocenters. The quantitative estimate of drug-likeness (QED) is 0.548. The van der Waals surface area contributed by atoms with Crippen LogP contribution >= 0.6 is 11.8 Å². The number of hydrogen-bond acceptors (Lipinski definition) is 6. The van der Waals surface area contributed by atoms with Crippen molar-refractivity contribution in [3.05, 3.63) is 11.3 Å². The van der Waals surface area contributed by atoms with Crippen molar-refractivity contribution < 1.29 is 4.79 Å². The van der Waals surface area contributed by atoms with Crippen LogP contribution in [0.5, 0.6) is 0 Å². The number of hydrogen-bond donors (Lipinski definition) is 3. The molecule has 0 aromatic carbocycles. The van der Waals surface area contributed by atoms with Crippen LogP contribution in [-0.2, 0) is 17.6 Å². The number of thioether (sulfide) groups is 1. The van der Waals surface area contributed by atoms with Gasteiger partial charge in [0.15, 0.2) is 0 Å². The molecule has 4 N–H and O–H groups in total. The molecule has 2 aromatic rings. The normalized spacial score (nSPS) is 17.6. The molecule has 2 heterocycles. The van der Waals surface area contributed by atoms with Gasteiger partial charge in [-0.25, -0.2) is 4.68 Å². The number of carbonyl (C=O) groups is 1. The fourth-order valence-electron chi connectivity index (χ4n) is 3.69. The number of aromatic nitrogens is 5. The molecule has 0 bridgehead atoms. The van der Waals surface area contributed by atoms with E-state index in [0.717, 1.165) is 37.8 Å². The van der Waals surface area contributed by atoms with Gasteiger partial charge in [0.25, 0.3) is 0 Å². The fraction of sp³-hybridized carbons (Fsp3) is 0.625. The first kappa shape index (κ1) is 16.4. The summed E-state index contributed by atoms with van der Waals surface area (Å²) < 4.78 is 1.44. The molecule has 1 fully saturated rings. The number of rotatable bonds is 5. The molecular formula is C16H23N7OS. The maximum atomic E-state index is 12.1. The minimum atomic E-state index is 0.0297. The third-order valence-electron chi connectivity index (χ3n) is 4.99. The lowest BCUT2D eigenvalue weighted by Gasteiger charge is -2.22. The number of nitrogens with two attached hydrogens (primary N) is 1. The molecular weight excluding hydrogens is 338 g/mol. The molecule has 2 aromatic heterocycles. The molecule has 0 spiro atoms. The van der Waals surface area contributed by atoms with E-state index >= 15 is 0 Å². The average molecular weight is 361 g/mol. The molecule has 1 amide bonds. The van der Waals surface area contributed by atoms with Crippen molar-refractivity contribution in [2.24, 2.45) is 0 Å². The van der Waals surface area contributed by atoms with Crippen LogP contribution in [-0.4, -0.2) is 42.8 Å². The summed E-state index contributed by atoms with van der Waals surface area (Å²) >= 11 is 1.31. The van der Waals surface area contributed by atoms with E-state index in [9.17, 15) is 4.79 Å². The number of fused-ring (bicyclic) bond motifs is 1. The second kappa shape index (κ2) is 7.07. The summed E-state index contributed by atoms with van der Waals surface area (Å²) in [5.41, 5.74) is 3.13. The summed E-state index contributed by atoms with van der Waals surface area (Å²) in [7, 11) is 0. The average Bonchev–Trinajstić information content (AvgIpc) is 3.30. The first-order chi connectivity index (χ1) is 12.2. The minimum Gasteiger partial charge on any atom is -0.353 e. The Bertz CT molecular complexity index is 763. The van der Waals surface area contributed by atoms with Gasteiger partial charge >= 0.3 is 0 Å². The number of aryl methyl sites for hydroxylation is 1. The Morgan fingerprint density at radius 1 is 1.24 bits per heavy atom. The van der Waals surface area contributed by atoms with Gasteiger partial charge in [-0.05, 0) is 32.1 Å². The van der Waals surface area contributed by atoms with Crippen molar-refractivity contribution in [1.82, 2.24) is 30.4 Å². The van der Waals surface area contributed by atoms with Gasteiger partial charge in [0.1, 0.15) is 5.69 Å². The molecule has 134 valence electrons. The lowest BCUT2D eigenvalue weighted by molar-refractivity contribution is -0.119. The van der Waals surface area contributed by atoms with E-state index in [1.165, 1.54) is 47.0 Å². The van der Waals surface area contributed by atoms with Crippen LogP contribution in [0, 0.1) is 0 Å². The number of aromatic amines is 1. The number of nitrogens with zero attached hydrogens (tertiary/aromatic N) is 4. The van der Waals surface area contributed by atoms with E-state index in [-0.39, 0.29) is 5.91 Å². The second-order valence-electron chi connectivity index (χ2n) is 6.75. The highest BCUT2D eigenvalue weighted by Crippen LogP contribution is 2.30. The standard InChI is InChI=1S/C16H23N7OS/c17-23-15(14-11-7-4-8-12(11)19-20-14)21-22-16(23)25-9-13(24)18-10-5-2-1-3-6-10/h10H,1-9,17H2,(H,18,24)(H,19,20). The predicted molar refractivity (Wildman–Crippen MR) is 95.5 cm³/mol. The van der Waals surface area contributed by atoms with Crippen molar-refractivity contribution >= 4 is 17.7 Å². The Balaban J connectivity index is 1.38. The monoisotopic (exact) mass is 361 g/mol. The highest BCUT2D eigenvalue weighted by atomic mass is 32.2. The van der Waals surface area contributed by atoms with Crippen molar-refractivity contribution in [1.29, 1.82) is 0 Å². The second-order valence-corrected chi connectivity index (χ2v) is 7.69. The summed E-state index contributed by atoms with van der Waals surface area (Å²) in [6.45, 7) is 0. The summed E-state index contributed by atoms with van der Waals surface area (Å²) in [6.07, 6.45) is 8.97. The van der Waals surface area contributed by atoms with E-state index in [4.69, 9.17) is 5.84 Å². The van der Waals surface area contributed by atoms with Crippen molar-refractivity contribution in [2.75, 3.05) is 11.6 Å². The number of amides is 1. The van der Waals surface area contributed by atoms with Crippen molar-refractivity contribution in [2.45, 2.75) is 62.6 Å². The topological polar surface area (TPSA) is 115 Å². The van der Waals surface area contributed by atoms with Crippen molar-refractivity contribution in [3.63, 3.8) is 0 Å². The number of nitrogen functional groups attached to an aromatic ring is 1. The van der Waals surface area contributed by atoms with Gasteiger partial charge in [-0.3, -0.25) is 9.89 Å². The van der Waals surface area contributed by atoms with E-state index in [2.05, 4.69) is 25.7 Å². The maximum absolute atomic E-state index is 12.1. The highest BCUT2D eigenvalue weighted by Gasteiger charge is 2.24. The number of carbonyl (C=O) groups excluding carboxylic acids is 1. The van der Waals surface area contributed by atoms with Crippen LogP contribution in [0.1, 0.15) is 49.8 Å². The largest absolute Gasteiger partial charge is 0.353 e. The zero-order valence-corrected chi connectivity index (χ0v) is 14.9. The van der Waals surface area contributed by atoms with Gasteiger partial charge < -0.3 is 11.2 Å². The SMILES string of the molecule is Nn1c(SCC(=O)NC2CCCCC2)nnc1-c1n[nH]c2c1CCC2. The molecule has 2 aliphatic rings. The zero-order valence-electron chi connectivity index (χ0n) is 14.1. The third-order valence-corrected chi connectivity index (χ3v) is 5.93. The molecule has 0 aliphatic heterocycles. The van der Waals surface area contributed by atoms with Crippen LogP contribution in [0.3, 0.4) is 0 Å². The first-order valence-corrected chi connectivity index (χ1v) is 9.90. The van der Waals surface area contributed by atoms with Crippen LogP contribution in [0.4, 0.5) is 0 Å². The first-order valence-electron chi connectivity index (χ1n) is 8.91. The Hall–Kier alpha value is -2.03. The maximum Gasteiger partial charge on any atom is 0.230 e. The van der Waals surface area contributed by atoms with E-state index in [1.807, 2.05) is 0 Å². The molecule has 0 atom stereocenters. The molecule has 1 saturated carbocycles. The Morgan fingerprint density at radius 3 is 2.92 bits per heavy atom. The van der Waals surface area contributed by atoms with E-state index in [1.54, 1.807) is 0 Å². The molecule has 0 saturated heterocycles. The zero-order chi connectivity index (χ0) is 17.2. The lowest BCUT2D eigenvalue weighted by atomic mass is 9.95. The van der Waals surface area contributed by atoms with Crippen molar-refractivity contribution in [3.8, 4) is 11.5 Å². The predicted octanol–water partition coefficient (Wildman–Crippen LogP) is 1.41. The number of nitrogens with one attached hydrogen (secondary N) is 2. The van der Waals surface area contributed by atoms with Gasteiger partial charge in [0.2, 0.25) is 16.9 Å². The lowest BCUT2D eigenvalue weighted by Crippen LogP contribution is -2.37. The van der Waals surface area contributed by atoms with Gasteiger partial charge in [-0.1, -0.05) is 31.0 Å². The Kier molecular flexibility index (Phi) is 4.65. The Morgan fingerprint density at radius 2 is 2.08 bits per heavy atom. The molecule has 8 nitrogen and oxygen atoms in total. The summed E-state index contributed by atoms with van der Waals surface area (Å²) in [5, 5.41) is 19.3.